The molecule has 1 atom stereocenters. The molecule has 0 aromatic heterocycles. The van der Waals surface area contributed by atoms with Gasteiger partial charge in [-0.15, -0.1) is 0 Å². The van der Waals surface area contributed by atoms with Gasteiger partial charge < -0.3 is 15.1 Å². The number of benzene rings is 1. The average Bonchev–Trinajstić information content (AvgIpc) is 2.99. The maximum atomic E-state index is 12.5. The number of hydrogen-bond donors (Lipinski definition) is 1. The Labute approximate surface area is 145 Å². The van der Waals surface area contributed by atoms with Crippen LogP contribution in [0.5, 0.6) is 0 Å². The Morgan fingerprint density at radius 1 is 1.33 bits per heavy atom. The van der Waals surface area contributed by atoms with Crippen LogP contribution < -0.4 is 10.2 Å². The van der Waals surface area contributed by atoms with Crippen molar-refractivity contribution in [2.45, 2.75) is 46.1 Å². The van der Waals surface area contributed by atoms with Crippen LogP contribution in [0.4, 0.5) is 5.69 Å². The highest BCUT2D eigenvalue weighted by Gasteiger charge is 2.31. The number of nitrogens with one attached hydrogen (secondary N) is 1. The van der Waals surface area contributed by atoms with E-state index in [0.717, 1.165) is 19.5 Å². The van der Waals surface area contributed by atoms with Crippen molar-refractivity contribution in [2.24, 2.45) is 0 Å². The number of amides is 2. The molecule has 1 aromatic rings. The van der Waals surface area contributed by atoms with Gasteiger partial charge in [0.2, 0.25) is 11.8 Å². The van der Waals surface area contributed by atoms with Crippen molar-refractivity contribution in [3.05, 3.63) is 29.8 Å². The predicted molar refractivity (Wildman–Crippen MR) is 97.1 cm³/mol. The van der Waals surface area contributed by atoms with Crippen molar-refractivity contribution in [2.75, 3.05) is 31.1 Å². The summed E-state index contributed by atoms with van der Waals surface area (Å²) in [5.74, 6) is 0.0701. The van der Waals surface area contributed by atoms with Gasteiger partial charge in [0.25, 0.3) is 0 Å². The molecule has 2 rings (SSSR count). The van der Waals surface area contributed by atoms with E-state index in [2.05, 4.69) is 36.2 Å². The molecule has 1 heterocycles. The highest BCUT2D eigenvalue weighted by molar-refractivity contribution is 5.88. The molecule has 1 aliphatic rings. The maximum absolute atomic E-state index is 12.5. The van der Waals surface area contributed by atoms with E-state index in [-0.39, 0.29) is 17.9 Å². The van der Waals surface area contributed by atoms with Crippen LogP contribution in [0.1, 0.15) is 38.7 Å². The first-order valence-corrected chi connectivity index (χ1v) is 8.96. The monoisotopic (exact) mass is 331 g/mol. The summed E-state index contributed by atoms with van der Waals surface area (Å²) in [6.07, 6.45) is 2.09. The summed E-state index contributed by atoms with van der Waals surface area (Å²) in [6, 6.07) is 7.96. The lowest BCUT2D eigenvalue weighted by Gasteiger charge is -2.28. The number of anilines is 1. The van der Waals surface area contributed by atoms with E-state index in [4.69, 9.17) is 0 Å². The maximum Gasteiger partial charge on any atom is 0.242 e. The lowest BCUT2D eigenvalue weighted by Crippen LogP contribution is -2.48. The smallest absolute Gasteiger partial charge is 0.242 e. The average molecular weight is 331 g/mol. The van der Waals surface area contributed by atoms with Crippen molar-refractivity contribution in [1.29, 1.82) is 0 Å². The van der Waals surface area contributed by atoms with Crippen molar-refractivity contribution >= 4 is 17.5 Å². The summed E-state index contributed by atoms with van der Waals surface area (Å²) < 4.78 is 0. The Kier molecular flexibility index (Phi) is 6.64. The zero-order chi connectivity index (χ0) is 17.5. The van der Waals surface area contributed by atoms with Gasteiger partial charge in [-0.25, -0.2) is 0 Å². The highest BCUT2D eigenvalue weighted by Crippen LogP contribution is 2.19. The number of likely N-dealkylation sites (tertiary alicyclic amines) is 1. The molecule has 0 spiro atoms. The van der Waals surface area contributed by atoms with Gasteiger partial charge in [0.05, 0.1) is 0 Å². The molecule has 1 saturated heterocycles. The number of nitrogens with zero attached hydrogens (tertiary/aromatic N) is 2. The van der Waals surface area contributed by atoms with Gasteiger partial charge in [-0.05, 0) is 38.3 Å². The van der Waals surface area contributed by atoms with Crippen LogP contribution in [0.15, 0.2) is 24.3 Å². The first-order valence-electron chi connectivity index (χ1n) is 8.96. The Hall–Kier alpha value is -2.04. The molecule has 1 aliphatic heterocycles. The van der Waals surface area contributed by atoms with Crippen molar-refractivity contribution in [3.8, 4) is 0 Å². The van der Waals surface area contributed by atoms with Gasteiger partial charge in [0, 0.05) is 38.3 Å². The molecule has 5 heteroatoms. The quantitative estimate of drug-likeness (QED) is 0.795. The Balaban J connectivity index is 1.88. The standard InChI is InChI=1S/C19H29N3O2/c1-4-16(22-13-8-11-18(22)23)19(24)20-12-14-21(5-2)17-10-7-6-9-15(17)3/h6-7,9-10,16H,4-5,8,11-14H2,1-3H3,(H,20,24)/t16-/m0/s1. The molecule has 0 aliphatic carbocycles. The summed E-state index contributed by atoms with van der Waals surface area (Å²) in [5.41, 5.74) is 2.44. The van der Waals surface area contributed by atoms with E-state index in [1.165, 1.54) is 11.3 Å². The fourth-order valence-electron chi connectivity index (χ4n) is 3.34. The molecule has 1 fully saturated rings. The normalized spacial score (nSPS) is 15.5. The van der Waals surface area contributed by atoms with E-state index in [1.807, 2.05) is 19.1 Å². The van der Waals surface area contributed by atoms with E-state index >= 15 is 0 Å². The lowest BCUT2D eigenvalue weighted by atomic mass is 10.1. The summed E-state index contributed by atoms with van der Waals surface area (Å²) >= 11 is 0. The van der Waals surface area contributed by atoms with E-state index in [9.17, 15) is 9.59 Å². The lowest BCUT2D eigenvalue weighted by molar-refractivity contribution is -0.137. The molecule has 24 heavy (non-hydrogen) atoms. The van der Waals surface area contributed by atoms with Crippen LogP contribution in [-0.4, -0.2) is 48.9 Å². The Morgan fingerprint density at radius 2 is 2.08 bits per heavy atom. The highest BCUT2D eigenvalue weighted by atomic mass is 16.2. The third-order valence-electron chi connectivity index (χ3n) is 4.69. The molecule has 1 aromatic carbocycles. The number of para-hydroxylation sites is 1. The minimum absolute atomic E-state index is 0.0337. The van der Waals surface area contributed by atoms with Crippen LogP contribution in [0, 0.1) is 6.92 Å². The second-order valence-corrected chi connectivity index (χ2v) is 6.27. The minimum Gasteiger partial charge on any atom is -0.370 e. The molecule has 132 valence electrons. The van der Waals surface area contributed by atoms with E-state index in [0.29, 0.717) is 25.9 Å². The molecular weight excluding hydrogens is 302 g/mol. The zero-order valence-corrected chi connectivity index (χ0v) is 15.0. The van der Waals surface area contributed by atoms with Crippen LogP contribution in [0.2, 0.25) is 0 Å². The molecule has 1 N–H and O–H groups in total. The molecule has 0 saturated carbocycles. The number of aryl methyl sites for hydroxylation is 1. The third kappa shape index (κ3) is 4.28. The number of carbonyl (C=O) groups excluding carboxylic acids is 2. The number of rotatable bonds is 8. The fourth-order valence-corrected chi connectivity index (χ4v) is 3.34. The molecular formula is C19H29N3O2. The van der Waals surface area contributed by atoms with Gasteiger partial charge in [-0.1, -0.05) is 25.1 Å². The second kappa shape index (κ2) is 8.71. The Morgan fingerprint density at radius 3 is 2.67 bits per heavy atom. The zero-order valence-electron chi connectivity index (χ0n) is 15.0. The molecule has 0 bridgehead atoms. The van der Waals surface area contributed by atoms with Gasteiger partial charge in [-0.2, -0.15) is 0 Å². The van der Waals surface area contributed by atoms with Crippen molar-refractivity contribution < 1.29 is 9.59 Å². The number of likely N-dealkylation sites (N-methyl/N-ethyl adjacent to an activating group) is 1. The predicted octanol–water partition coefficient (Wildman–Crippen LogP) is 2.34. The number of hydrogen-bond acceptors (Lipinski definition) is 3. The summed E-state index contributed by atoms with van der Waals surface area (Å²) in [4.78, 5) is 28.3. The second-order valence-electron chi connectivity index (χ2n) is 6.27. The van der Waals surface area contributed by atoms with Gasteiger partial charge >= 0.3 is 0 Å². The summed E-state index contributed by atoms with van der Waals surface area (Å²) in [6.45, 7) is 9.12. The molecule has 0 unspecified atom stereocenters. The summed E-state index contributed by atoms with van der Waals surface area (Å²) in [7, 11) is 0. The molecule has 2 amide bonds. The minimum atomic E-state index is -0.325. The van der Waals surface area contributed by atoms with Gasteiger partial charge in [0.1, 0.15) is 6.04 Å². The molecule has 0 radical (unpaired) electrons. The summed E-state index contributed by atoms with van der Waals surface area (Å²) in [5, 5.41) is 3.01. The number of carbonyl (C=O) groups is 2. The van der Waals surface area contributed by atoms with Crippen LogP contribution in [-0.2, 0) is 9.59 Å². The van der Waals surface area contributed by atoms with Crippen molar-refractivity contribution in [3.63, 3.8) is 0 Å². The van der Waals surface area contributed by atoms with Crippen LogP contribution >= 0.6 is 0 Å². The topological polar surface area (TPSA) is 52.7 Å². The SMILES string of the molecule is CC[C@@H](C(=O)NCCN(CC)c1ccccc1C)N1CCCC1=O. The first kappa shape index (κ1) is 18.3. The van der Waals surface area contributed by atoms with Crippen LogP contribution in [0.25, 0.3) is 0 Å². The first-order chi connectivity index (χ1) is 11.6. The Bertz CT molecular complexity index is 573. The van der Waals surface area contributed by atoms with Gasteiger partial charge in [0.15, 0.2) is 0 Å². The fraction of sp³-hybridized carbons (Fsp3) is 0.579. The largest absolute Gasteiger partial charge is 0.370 e. The van der Waals surface area contributed by atoms with Gasteiger partial charge in [-0.3, -0.25) is 9.59 Å². The van der Waals surface area contributed by atoms with Crippen LogP contribution in [0.3, 0.4) is 0 Å². The van der Waals surface area contributed by atoms with E-state index < -0.39 is 0 Å². The third-order valence-corrected chi connectivity index (χ3v) is 4.69. The molecule has 5 nitrogen and oxygen atoms in total. The van der Waals surface area contributed by atoms with E-state index in [1.54, 1.807) is 4.90 Å². The van der Waals surface area contributed by atoms with Crippen molar-refractivity contribution in [1.82, 2.24) is 10.2 Å².